The van der Waals surface area contributed by atoms with Crippen LogP contribution in [0.25, 0.3) is 5.65 Å². The van der Waals surface area contributed by atoms with E-state index in [0.29, 0.717) is 5.82 Å². The van der Waals surface area contributed by atoms with Gasteiger partial charge in [0.2, 0.25) is 0 Å². The van der Waals surface area contributed by atoms with Gasteiger partial charge in [-0.25, -0.2) is 14.7 Å². The molecule has 1 aromatic carbocycles. The van der Waals surface area contributed by atoms with Crippen LogP contribution in [0.4, 0.5) is 10.6 Å². The Hall–Kier alpha value is -2.51. The third-order valence-electron chi connectivity index (χ3n) is 3.32. The maximum absolute atomic E-state index is 11.9. The molecule has 0 spiro atoms. The van der Waals surface area contributed by atoms with Crippen LogP contribution in [0.3, 0.4) is 0 Å². The van der Waals surface area contributed by atoms with Crippen molar-refractivity contribution in [3.05, 3.63) is 54.9 Å². The van der Waals surface area contributed by atoms with Gasteiger partial charge >= 0.3 is 6.09 Å². The van der Waals surface area contributed by atoms with Crippen molar-refractivity contribution in [2.45, 2.75) is 9.79 Å². The van der Waals surface area contributed by atoms with Crippen molar-refractivity contribution >= 4 is 29.3 Å². The third-order valence-corrected chi connectivity index (χ3v) is 4.30. The summed E-state index contributed by atoms with van der Waals surface area (Å²) in [6, 6.07) is 14.0. The number of methoxy groups -OCH3 is 2. The van der Waals surface area contributed by atoms with E-state index < -0.39 is 6.09 Å². The van der Waals surface area contributed by atoms with E-state index in [1.165, 1.54) is 19.1 Å². The molecule has 24 heavy (non-hydrogen) atoms. The SMILES string of the molecule is COCN(C(=O)OC)c1cn2cc(Sc3ccccc3)ccc2n1. The molecule has 0 saturated carbocycles. The van der Waals surface area contributed by atoms with Crippen LogP contribution in [0.2, 0.25) is 0 Å². The zero-order chi connectivity index (χ0) is 16.9. The van der Waals surface area contributed by atoms with E-state index in [-0.39, 0.29) is 6.73 Å². The topological polar surface area (TPSA) is 56.1 Å². The number of nitrogens with zero attached hydrogens (tertiary/aromatic N) is 3. The minimum atomic E-state index is -0.515. The van der Waals surface area contributed by atoms with Gasteiger partial charge in [-0.2, -0.15) is 0 Å². The van der Waals surface area contributed by atoms with Crippen LogP contribution in [0.5, 0.6) is 0 Å². The van der Waals surface area contributed by atoms with Gasteiger partial charge in [-0.15, -0.1) is 0 Å². The highest BCUT2D eigenvalue weighted by atomic mass is 32.2. The fourth-order valence-corrected chi connectivity index (χ4v) is 3.09. The van der Waals surface area contributed by atoms with E-state index in [1.807, 2.05) is 40.9 Å². The summed E-state index contributed by atoms with van der Waals surface area (Å²) in [6.07, 6.45) is 3.24. The Morgan fingerprint density at radius 1 is 1.12 bits per heavy atom. The summed E-state index contributed by atoms with van der Waals surface area (Å²) >= 11 is 1.66. The number of carbonyl (C=O) groups is 1. The van der Waals surface area contributed by atoms with Crippen LogP contribution in [0, 0.1) is 0 Å². The normalized spacial score (nSPS) is 10.8. The van der Waals surface area contributed by atoms with Gasteiger partial charge in [0, 0.05) is 23.1 Å². The number of amides is 1. The van der Waals surface area contributed by atoms with Crippen LogP contribution in [-0.4, -0.2) is 36.4 Å². The third kappa shape index (κ3) is 3.52. The van der Waals surface area contributed by atoms with E-state index >= 15 is 0 Å². The second-order valence-electron chi connectivity index (χ2n) is 4.96. The molecule has 0 aliphatic rings. The number of aromatic nitrogens is 2. The zero-order valence-corrected chi connectivity index (χ0v) is 14.2. The van der Waals surface area contributed by atoms with Crippen LogP contribution < -0.4 is 4.90 Å². The first-order valence-electron chi connectivity index (χ1n) is 7.27. The minimum absolute atomic E-state index is 0.0716. The quantitative estimate of drug-likeness (QED) is 0.662. The largest absolute Gasteiger partial charge is 0.452 e. The number of hydrogen-bond acceptors (Lipinski definition) is 5. The van der Waals surface area contributed by atoms with Gasteiger partial charge in [-0.05, 0) is 24.3 Å². The Morgan fingerprint density at radius 3 is 2.62 bits per heavy atom. The molecule has 6 nitrogen and oxygen atoms in total. The molecule has 2 heterocycles. The standard InChI is InChI=1S/C17H17N3O3S/c1-22-12-20(17(21)23-2)16-11-19-10-14(8-9-15(19)18-16)24-13-6-4-3-5-7-13/h3-11H,12H2,1-2H3. The van der Waals surface area contributed by atoms with Gasteiger partial charge in [0.1, 0.15) is 12.4 Å². The first kappa shape index (κ1) is 16.4. The second-order valence-corrected chi connectivity index (χ2v) is 6.11. The van der Waals surface area contributed by atoms with Crippen molar-refractivity contribution < 1.29 is 14.3 Å². The van der Waals surface area contributed by atoms with E-state index in [0.717, 1.165) is 15.4 Å². The van der Waals surface area contributed by atoms with Crippen molar-refractivity contribution in [2.24, 2.45) is 0 Å². The van der Waals surface area contributed by atoms with Crippen molar-refractivity contribution in [3.63, 3.8) is 0 Å². The van der Waals surface area contributed by atoms with Crippen LogP contribution in [0.15, 0.2) is 64.6 Å². The van der Waals surface area contributed by atoms with Gasteiger partial charge in [0.05, 0.1) is 13.3 Å². The van der Waals surface area contributed by atoms with Crippen LogP contribution in [0.1, 0.15) is 0 Å². The first-order chi connectivity index (χ1) is 11.7. The molecule has 0 bridgehead atoms. The van der Waals surface area contributed by atoms with Crippen molar-refractivity contribution in [1.82, 2.24) is 9.38 Å². The van der Waals surface area contributed by atoms with Gasteiger partial charge < -0.3 is 13.9 Å². The van der Waals surface area contributed by atoms with E-state index in [2.05, 4.69) is 17.1 Å². The molecule has 0 radical (unpaired) electrons. The smallest absolute Gasteiger partial charge is 0.417 e. The van der Waals surface area contributed by atoms with E-state index in [4.69, 9.17) is 9.47 Å². The Balaban J connectivity index is 1.89. The lowest BCUT2D eigenvalue weighted by Gasteiger charge is -2.16. The number of ether oxygens (including phenoxy) is 2. The van der Waals surface area contributed by atoms with Gasteiger partial charge in [-0.1, -0.05) is 30.0 Å². The maximum atomic E-state index is 11.9. The van der Waals surface area contributed by atoms with Crippen molar-refractivity contribution in [3.8, 4) is 0 Å². The van der Waals surface area contributed by atoms with Gasteiger partial charge in [0.15, 0.2) is 5.82 Å². The fourth-order valence-electron chi connectivity index (χ4n) is 2.22. The predicted molar refractivity (Wildman–Crippen MR) is 92.5 cm³/mol. The molecule has 2 aromatic heterocycles. The van der Waals surface area contributed by atoms with Gasteiger partial charge in [-0.3, -0.25) is 0 Å². The summed E-state index contributed by atoms with van der Waals surface area (Å²) in [5, 5.41) is 0. The summed E-state index contributed by atoms with van der Waals surface area (Å²) in [4.78, 5) is 19.9. The Labute approximate surface area is 144 Å². The highest BCUT2D eigenvalue weighted by Gasteiger charge is 2.19. The number of benzene rings is 1. The summed E-state index contributed by atoms with van der Waals surface area (Å²) in [6.45, 7) is 0.0716. The lowest BCUT2D eigenvalue weighted by Crippen LogP contribution is -2.32. The summed E-state index contributed by atoms with van der Waals surface area (Å²) in [7, 11) is 2.84. The fraction of sp³-hybridized carbons (Fsp3) is 0.176. The average Bonchev–Trinajstić information content (AvgIpc) is 3.02. The lowest BCUT2D eigenvalue weighted by molar-refractivity contribution is 0.153. The molecule has 0 atom stereocenters. The number of rotatable bonds is 5. The Morgan fingerprint density at radius 2 is 1.92 bits per heavy atom. The molecule has 3 rings (SSSR count). The van der Waals surface area contributed by atoms with Gasteiger partial charge in [0.25, 0.3) is 0 Å². The molecule has 0 N–H and O–H groups in total. The number of carbonyl (C=O) groups excluding carboxylic acids is 1. The molecule has 0 aliphatic carbocycles. The second kappa shape index (κ2) is 7.37. The molecule has 0 unspecified atom stereocenters. The molecule has 7 heteroatoms. The van der Waals surface area contributed by atoms with Crippen molar-refractivity contribution in [2.75, 3.05) is 25.9 Å². The highest BCUT2D eigenvalue weighted by molar-refractivity contribution is 7.99. The molecular weight excluding hydrogens is 326 g/mol. The molecule has 1 amide bonds. The molecule has 0 saturated heterocycles. The minimum Gasteiger partial charge on any atom is -0.452 e. The molecule has 0 aliphatic heterocycles. The summed E-state index contributed by atoms with van der Waals surface area (Å²) in [5.74, 6) is 0.477. The average molecular weight is 343 g/mol. The number of anilines is 1. The number of fused-ring (bicyclic) bond motifs is 1. The predicted octanol–water partition coefficient (Wildman–Crippen LogP) is 3.66. The lowest BCUT2D eigenvalue weighted by atomic mass is 10.4. The Kier molecular flexibility index (Phi) is 5.02. The number of pyridine rings is 1. The molecule has 0 fully saturated rings. The van der Waals surface area contributed by atoms with E-state index in [9.17, 15) is 4.79 Å². The monoisotopic (exact) mass is 343 g/mol. The highest BCUT2D eigenvalue weighted by Crippen LogP contribution is 2.28. The molecule has 3 aromatic rings. The maximum Gasteiger partial charge on any atom is 0.417 e. The van der Waals surface area contributed by atoms with E-state index in [1.54, 1.807) is 18.0 Å². The summed E-state index contributed by atoms with van der Waals surface area (Å²) < 4.78 is 11.7. The van der Waals surface area contributed by atoms with Crippen LogP contribution in [-0.2, 0) is 9.47 Å². The van der Waals surface area contributed by atoms with Crippen LogP contribution >= 0.6 is 11.8 Å². The Bertz CT molecular complexity index is 835. The number of hydrogen-bond donors (Lipinski definition) is 0. The number of imidazole rings is 1. The summed E-state index contributed by atoms with van der Waals surface area (Å²) in [5.41, 5.74) is 0.743. The zero-order valence-electron chi connectivity index (χ0n) is 13.4. The molecular formula is C17H17N3O3S. The van der Waals surface area contributed by atoms with Crippen molar-refractivity contribution in [1.29, 1.82) is 0 Å². The molecule has 124 valence electrons. The first-order valence-corrected chi connectivity index (χ1v) is 8.09.